The standard InChI is InChI=1S/C15H17N3S2/c1-3-20-13-6-4-5-12(14(13)15(16)19)18-11-8-7-10(2)17-9-11/h4-9,18H,3H2,1-2H3,(H2,16,19). The van der Waals surface area contributed by atoms with E-state index in [0.29, 0.717) is 4.99 Å². The smallest absolute Gasteiger partial charge is 0.107 e. The van der Waals surface area contributed by atoms with Crippen LogP contribution in [0.5, 0.6) is 0 Å². The molecule has 0 spiro atoms. The zero-order valence-electron chi connectivity index (χ0n) is 11.5. The summed E-state index contributed by atoms with van der Waals surface area (Å²) in [6.45, 7) is 4.07. The summed E-state index contributed by atoms with van der Waals surface area (Å²) in [6.07, 6.45) is 1.80. The van der Waals surface area contributed by atoms with E-state index in [1.54, 1.807) is 18.0 Å². The summed E-state index contributed by atoms with van der Waals surface area (Å²) >= 11 is 6.93. The molecule has 0 saturated carbocycles. The lowest BCUT2D eigenvalue weighted by molar-refractivity contribution is 1.20. The molecule has 20 heavy (non-hydrogen) atoms. The number of thioether (sulfide) groups is 1. The van der Waals surface area contributed by atoms with E-state index in [1.807, 2.05) is 37.3 Å². The lowest BCUT2D eigenvalue weighted by atomic mass is 10.1. The third-order valence-electron chi connectivity index (χ3n) is 2.76. The van der Waals surface area contributed by atoms with Crippen LogP contribution in [0.3, 0.4) is 0 Å². The molecule has 104 valence electrons. The van der Waals surface area contributed by atoms with Gasteiger partial charge in [0.1, 0.15) is 4.99 Å². The van der Waals surface area contributed by atoms with E-state index in [-0.39, 0.29) is 0 Å². The van der Waals surface area contributed by atoms with Crippen molar-refractivity contribution in [1.82, 2.24) is 4.98 Å². The number of hydrogen-bond acceptors (Lipinski definition) is 4. The fraction of sp³-hybridized carbons (Fsp3) is 0.200. The van der Waals surface area contributed by atoms with Gasteiger partial charge in [-0.25, -0.2) is 0 Å². The van der Waals surface area contributed by atoms with Gasteiger partial charge in [-0.15, -0.1) is 11.8 Å². The second kappa shape index (κ2) is 6.72. The highest BCUT2D eigenvalue weighted by Crippen LogP contribution is 2.30. The highest BCUT2D eigenvalue weighted by Gasteiger charge is 2.11. The number of rotatable bonds is 5. The number of pyridine rings is 1. The average Bonchev–Trinajstić information content (AvgIpc) is 2.41. The summed E-state index contributed by atoms with van der Waals surface area (Å²) in [4.78, 5) is 5.79. The maximum atomic E-state index is 5.89. The molecular weight excluding hydrogens is 286 g/mol. The van der Waals surface area contributed by atoms with E-state index in [9.17, 15) is 0 Å². The van der Waals surface area contributed by atoms with Crippen LogP contribution in [0.1, 0.15) is 18.2 Å². The van der Waals surface area contributed by atoms with Crippen molar-refractivity contribution in [2.75, 3.05) is 11.1 Å². The molecule has 0 atom stereocenters. The maximum absolute atomic E-state index is 5.89. The summed E-state index contributed by atoms with van der Waals surface area (Å²) in [6, 6.07) is 9.98. The number of nitrogens with two attached hydrogens (primary N) is 1. The largest absolute Gasteiger partial charge is 0.389 e. The first-order chi connectivity index (χ1) is 9.61. The van der Waals surface area contributed by atoms with E-state index in [2.05, 4.69) is 17.2 Å². The molecule has 3 nitrogen and oxygen atoms in total. The van der Waals surface area contributed by atoms with Gasteiger partial charge in [0, 0.05) is 21.8 Å². The van der Waals surface area contributed by atoms with Crippen molar-refractivity contribution in [3.05, 3.63) is 47.8 Å². The SMILES string of the molecule is CCSc1cccc(Nc2ccc(C)nc2)c1C(N)=S. The summed E-state index contributed by atoms with van der Waals surface area (Å²) in [5, 5.41) is 3.34. The number of thiocarbonyl (C=S) groups is 1. The van der Waals surface area contributed by atoms with Crippen LogP contribution in [0, 0.1) is 6.92 Å². The van der Waals surface area contributed by atoms with Crippen molar-refractivity contribution in [3.63, 3.8) is 0 Å². The van der Waals surface area contributed by atoms with Crippen molar-refractivity contribution in [2.45, 2.75) is 18.7 Å². The van der Waals surface area contributed by atoms with Gasteiger partial charge in [-0.1, -0.05) is 25.2 Å². The number of nitrogens with zero attached hydrogens (tertiary/aromatic N) is 1. The molecule has 1 heterocycles. The zero-order chi connectivity index (χ0) is 14.5. The third-order valence-corrected chi connectivity index (χ3v) is 3.91. The molecule has 2 aromatic rings. The minimum atomic E-state index is 0.407. The first-order valence-corrected chi connectivity index (χ1v) is 7.76. The predicted molar refractivity (Wildman–Crippen MR) is 91.0 cm³/mol. The van der Waals surface area contributed by atoms with Crippen LogP contribution in [-0.4, -0.2) is 15.7 Å². The number of anilines is 2. The summed E-state index contributed by atoms with van der Waals surface area (Å²) in [5.74, 6) is 0.977. The molecule has 0 radical (unpaired) electrons. The lowest BCUT2D eigenvalue weighted by Crippen LogP contribution is -2.13. The Morgan fingerprint density at radius 2 is 2.15 bits per heavy atom. The van der Waals surface area contributed by atoms with Crippen molar-refractivity contribution >= 4 is 40.3 Å². The van der Waals surface area contributed by atoms with Crippen LogP contribution in [0.15, 0.2) is 41.4 Å². The Hall–Kier alpha value is -1.59. The van der Waals surface area contributed by atoms with E-state index >= 15 is 0 Å². The Morgan fingerprint density at radius 1 is 1.35 bits per heavy atom. The van der Waals surface area contributed by atoms with Crippen LogP contribution in [0.4, 0.5) is 11.4 Å². The van der Waals surface area contributed by atoms with Crippen LogP contribution in [0.25, 0.3) is 0 Å². The molecule has 0 aliphatic carbocycles. The molecule has 0 aliphatic heterocycles. The van der Waals surface area contributed by atoms with E-state index in [0.717, 1.165) is 33.3 Å². The Morgan fingerprint density at radius 3 is 2.75 bits per heavy atom. The van der Waals surface area contributed by atoms with Gasteiger partial charge in [-0.3, -0.25) is 4.98 Å². The molecule has 0 aliphatic rings. The summed E-state index contributed by atoms with van der Waals surface area (Å²) in [5.41, 5.74) is 9.61. The molecule has 1 aromatic heterocycles. The second-order valence-electron chi connectivity index (χ2n) is 4.29. The van der Waals surface area contributed by atoms with E-state index in [4.69, 9.17) is 18.0 Å². The van der Waals surface area contributed by atoms with Crippen molar-refractivity contribution in [2.24, 2.45) is 5.73 Å². The zero-order valence-corrected chi connectivity index (χ0v) is 13.1. The minimum absolute atomic E-state index is 0.407. The van der Waals surface area contributed by atoms with Crippen molar-refractivity contribution < 1.29 is 0 Å². The Kier molecular flexibility index (Phi) is 4.98. The molecule has 0 bridgehead atoms. The first-order valence-electron chi connectivity index (χ1n) is 6.37. The molecule has 3 N–H and O–H groups in total. The molecule has 0 fully saturated rings. The summed E-state index contributed by atoms with van der Waals surface area (Å²) < 4.78 is 0. The predicted octanol–water partition coefficient (Wildman–Crippen LogP) is 3.88. The van der Waals surface area contributed by atoms with Crippen LogP contribution in [0.2, 0.25) is 0 Å². The van der Waals surface area contributed by atoms with Gasteiger partial charge >= 0.3 is 0 Å². The first kappa shape index (κ1) is 14.8. The Balaban J connectivity index is 2.37. The Labute approximate surface area is 129 Å². The molecule has 0 saturated heterocycles. The van der Waals surface area contributed by atoms with Crippen LogP contribution in [-0.2, 0) is 0 Å². The number of benzene rings is 1. The van der Waals surface area contributed by atoms with Crippen LogP contribution < -0.4 is 11.1 Å². The lowest BCUT2D eigenvalue weighted by Gasteiger charge is -2.14. The van der Waals surface area contributed by atoms with Crippen LogP contribution >= 0.6 is 24.0 Å². The topological polar surface area (TPSA) is 50.9 Å². The fourth-order valence-corrected chi connectivity index (χ4v) is 3.00. The van der Waals surface area contributed by atoms with Gasteiger partial charge in [0.25, 0.3) is 0 Å². The quantitative estimate of drug-likeness (QED) is 0.648. The normalized spacial score (nSPS) is 10.3. The van der Waals surface area contributed by atoms with Gasteiger partial charge in [0.2, 0.25) is 0 Å². The van der Waals surface area contributed by atoms with Crippen molar-refractivity contribution in [1.29, 1.82) is 0 Å². The fourth-order valence-electron chi connectivity index (χ4n) is 1.86. The molecule has 0 amide bonds. The highest BCUT2D eigenvalue weighted by molar-refractivity contribution is 7.99. The van der Waals surface area contributed by atoms with Crippen molar-refractivity contribution in [3.8, 4) is 0 Å². The van der Waals surface area contributed by atoms with Gasteiger partial charge in [-0.05, 0) is 36.9 Å². The molecular formula is C15H17N3S2. The Bertz CT molecular complexity index is 609. The van der Waals surface area contributed by atoms with Gasteiger partial charge in [0.05, 0.1) is 11.9 Å². The van der Waals surface area contributed by atoms with Gasteiger partial charge in [-0.2, -0.15) is 0 Å². The molecule has 5 heteroatoms. The maximum Gasteiger partial charge on any atom is 0.107 e. The molecule has 1 aromatic carbocycles. The third kappa shape index (κ3) is 3.49. The van der Waals surface area contributed by atoms with E-state index in [1.165, 1.54) is 0 Å². The number of nitrogens with one attached hydrogen (secondary N) is 1. The molecule has 2 rings (SSSR count). The van der Waals surface area contributed by atoms with Gasteiger partial charge in [0.15, 0.2) is 0 Å². The number of aryl methyl sites for hydroxylation is 1. The number of aromatic nitrogens is 1. The monoisotopic (exact) mass is 303 g/mol. The number of hydrogen-bond donors (Lipinski definition) is 2. The van der Waals surface area contributed by atoms with Gasteiger partial charge < -0.3 is 11.1 Å². The molecule has 0 unspecified atom stereocenters. The highest BCUT2D eigenvalue weighted by atomic mass is 32.2. The summed E-state index contributed by atoms with van der Waals surface area (Å²) in [7, 11) is 0. The average molecular weight is 303 g/mol. The second-order valence-corrected chi connectivity index (χ2v) is 6.03. The van der Waals surface area contributed by atoms with E-state index < -0.39 is 0 Å². The minimum Gasteiger partial charge on any atom is -0.389 e.